The minimum absolute atomic E-state index is 0.0455. The minimum atomic E-state index is 0.0455. The Morgan fingerprint density at radius 2 is 2.33 bits per heavy atom. The molecule has 0 aliphatic carbocycles. The summed E-state index contributed by atoms with van der Waals surface area (Å²) in [6.07, 6.45) is 0. The van der Waals surface area contributed by atoms with Crippen LogP contribution in [0.15, 0.2) is 23.4 Å². The lowest BCUT2D eigenvalue weighted by Crippen LogP contribution is -2.29. The standard InChI is InChI=1S/C12H18ClN3O2/c1-8(7-18-2)15-6-10-4-3-9(5-11(10)13)12(14)16-17/h3-5,8,15,17H,6-7H2,1-2H3,(H2,14,16). The lowest BCUT2D eigenvalue weighted by Gasteiger charge is -2.13. The lowest BCUT2D eigenvalue weighted by molar-refractivity contribution is 0.171. The number of benzene rings is 1. The number of hydrogen-bond acceptors (Lipinski definition) is 4. The van der Waals surface area contributed by atoms with Crippen molar-refractivity contribution in [3.63, 3.8) is 0 Å². The van der Waals surface area contributed by atoms with Crippen LogP contribution < -0.4 is 11.1 Å². The number of nitrogens with two attached hydrogens (primary N) is 1. The minimum Gasteiger partial charge on any atom is -0.409 e. The molecule has 0 heterocycles. The topological polar surface area (TPSA) is 79.9 Å². The molecule has 0 aromatic heterocycles. The molecule has 0 radical (unpaired) electrons. The van der Waals surface area contributed by atoms with Crippen LogP contribution in [-0.4, -0.2) is 30.8 Å². The van der Waals surface area contributed by atoms with Gasteiger partial charge in [-0.2, -0.15) is 0 Å². The van der Waals surface area contributed by atoms with E-state index in [1.165, 1.54) is 0 Å². The third kappa shape index (κ3) is 4.18. The molecule has 18 heavy (non-hydrogen) atoms. The van der Waals surface area contributed by atoms with Crippen molar-refractivity contribution in [1.82, 2.24) is 5.32 Å². The van der Waals surface area contributed by atoms with Gasteiger partial charge in [-0.3, -0.25) is 0 Å². The van der Waals surface area contributed by atoms with Gasteiger partial charge in [-0.05, 0) is 18.6 Å². The normalized spacial score (nSPS) is 13.6. The number of halogens is 1. The van der Waals surface area contributed by atoms with Gasteiger partial charge >= 0.3 is 0 Å². The number of rotatable bonds is 6. The summed E-state index contributed by atoms with van der Waals surface area (Å²) < 4.78 is 5.03. The number of hydrogen-bond donors (Lipinski definition) is 3. The van der Waals surface area contributed by atoms with E-state index in [0.717, 1.165) is 5.56 Å². The van der Waals surface area contributed by atoms with Crippen molar-refractivity contribution in [2.45, 2.75) is 19.5 Å². The Bertz CT molecular complexity index is 424. The summed E-state index contributed by atoms with van der Waals surface area (Å²) in [7, 11) is 1.66. The summed E-state index contributed by atoms with van der Waals surface area (Å²) in [4.78, 5) is 0. The first kappa shape index (κ1) is 14.8. The highest BCUT2D eigenvalue weighted by molar-refractivity contribution is 6.31. The zero-order valence-electron chi connectivity index (χ0n) is 10.5. The highest BCUT2D eigenvalue weighted by Crippen LogP contribution is 2.18. The van der Waals surface area contributed by atoms with Gasteiger partial charge in [-0.15, -0.1) is 0 Å². The molecule has 0 aliphatic rings. The third-order valence-electron chi connectivity index (χ3n) is 2.51. The molecule has 5 nitrogen and oxygen atoms in total. The Hall–Kier alpha value is -1.30. The second-order valence-corrected chi connectivity index (χ2v) is 4.44. The Balaban J connectivity index is 2.68. The summed E-state index contributed by atoms with van der Waals surface area (Å²) in [6, 6.07) is 5.53. The van der Waals surface area contributed by atoms with Crippen LogP contribution in [0.3, 0.4) is 0 Å². The summed E-state index contributed by atoms with van der Waals surface area (Å²) in [5.74, 6) is 0.0455. The molecule has 0 bridgehead atoms. The second kappa shape index (κ2) is 7.20. The van der Waals surface area contributed by atoms with Gasteiger partial charge in [0, 0.05) is 30.3 Å². The van der Waals surface area contributed by atoms with Gasteiger partial charge in [-0.25, -0.2) is 0 Å². The number of oxime groups is 1. The van der Waals surface area contributed by atoms with Crippen LogP contribution in [0, 0.1) is 0 Å². The molecule has 0 spiro atoms. The van der Waals surface area contributed by atoms with Gasteiger partial charge in [0.05, 0.1) is 6.61 Å². The maximum Gasteiger partial charge on any atom is 0.170 e. The Morgan fingerprint density at radius 1 is 1.61 bits per heavy atom. The predicted octanol–water partition coefficient (Wildman–Crippen LogP) is 1.56. The van der Waals surface area contributed by atoms with Crippen molar-refractivity contribution in [2.24, 2.45) is 10.9 Å². The fourth-order valence-corrected chi connectivity index (χ4v) is 1.75. The van der Waals surface area contributed by atoms with E-state index in [2.05, 4.69) is 10.5 Å². The fraction of sp³-hybridized carbons (Fsp3) is 0.417. The lowest BCUT2D eigenvalue weighted by atomic mass is 10.1. The van der Waals surface area contributed by atoms with E-state index >= 15 is 0 Å². The summed E-state index contributed by atoms with van der Waals surface area (Å²) >= 11 is 6.13. The Labute approximate surface area is 112 Å². The Kier molecular flexibility index (Phi) is 5.91. The highest BCUT2D eigenvalue weighted by atomic mass is 35.5. The van der Waals surface area contributed by atoms with Crippen LogP contribution in [0.1, 0.15) is 18.1 Å². The van der Waals surface area contributed by atoms with Crippen molar-refractivity contribution in [2.75, 3.05) is 13.7 Å². The molecule has 0 amide bonds. The van der Waals surface area contributed by atoms with Crippen LogP contribution >= 0.6 is 11.6 Å². The van der Waals surface area contributed by atoms with E-state index in [1.54, 1.807) is 19.2 Å². The highest BCUT2D eigenvalue weighted by Gasteiger charge is 2.06. The number of nitrogens with zero attached hydrogens (tertiary/aromatic N) is 1. The molecule has 100 valence electrons. The van der Waals surface area contributed by atoms with Crippen LogP contribution in [-0.2, 0) is 11.3 Å². The average Bonchev–Trinajstić information content (AvgIpc) is 2.36. The van der Waals surface area contributed by atoms with Crippen molar-refractivity contribution >= 4 is 17.4 Å². The van der Waals surface area contributed by atoms with E-state index in [0.29, 0.717) is 23.7 Å². The van der Waals surface area contributed by atoms with Gasteiger partial charge in [-0.1, -0.05) is 28.9 Å². The molecule has 1 atom stereocenters. The van der Waals surface area contributed by atoms with E-state index in [1.807, 2.05) is 13.0 Å². The largest absolute Gasteiger partial charge is 0.409 e. The van der Waals surface area contributed by atoms with Crippen LogP contribution in [0.25, 0.3) is 0 Å². The van der Waals surface area contributed by atoms with E-state index < -0.39 is 0 Å². The van der Waals surface area contributed by atoms with Crippen molar-refractivity contribution in [1.29, 1.82) is 0 Å². The molecule has 0 fully saturated rings. The molecule has 0 aliphatic heterocycles. The molecule has 6 heteroatoms. The first-order chi connectivity index (χ1) is 8.58. The van der Waals surface area contributed by atoms with E-state index in [4.69, 9.17) is 27.3 Å². The zero-order chi connectivity index (χ0) is 13.5. The third-order valence-corrected chi connectivity index (χ3v) is 2.87. The maximum atomic E-state index is 8.58. The van der Waals surface area contributed by atoms with Crippen molar-refractivity contribution in [3.05, 3.63) is 34.3 Å². The number of ether oxygens (including phenoxy) is 1. The molecule has 0 saturated carbocycles. The van der Waals surface area contributed by atoms with Gasteiger partial charge in [0.1, 0.15) is 0 Å². The first-order valence-corrected chi connectivity index (χ1v) is 5.95. The van der Waals surface area contributed by atoms with Crippen LogP contribution in [0.2, 0.25) is 5.02 Å². The molecule has 0 saturated heterocycles. The van der Waals surface area contributed by atoms with Crippen molar-refractivity contribution < 1.29 is 9.94 Å². The van der Waals surface area contributed by atoms with Gasteiger partial charge in [0.15, 0.2) is 5.84 Å². The summed E-state index contributed by atoms with van der Waals surface area (Å²) in [6.45, 7) is 3.31. The van der Waals surface area contributed by atoms with Crippen molar-refractivity contribution in [3.8, 4) is 0 Å². The average molecular weight is 272 g/mol. The van der Waals surface area contributed by atoms with E-state index in [9.17, 15) is 0 Å². The monoisotopic (exact) mass is 271 g/mol. The number of methoxy groups -OCH3 is 1. The summed E-state index contributed by atoms with van der Waals surface area (Å²) in [5.41, 5.74) is 7.03. The quantitative estimate of drug-likeness (QED) is 0.317. The molecule has 1 aromatic rings. The van der Waals surface area contributed by atoms with Gasteiger partial charge in [0.2, 0.25) is 0 Å². The molecule has 1 rings (SSSR count). The van der Waals surface area contributed by atoms with Crippen LogP contribution in [0.5, 0.6) is 0 Å². The molecular weight excluding hydrogens is 254 g/mol. The van der Waals surface area contributed by atoms with Gasteiger partial charge in [0.25, 0.3) is 0 Å². The smallest absolute Gasteiger partial charge is 0.170 e. The zero-order valence-corrected chi connectivity index (χ0v) is 11.2. The van der Waals surface area contributed by atoms with Crippen LogP contribution in [0.4, 0.5) is 0 Å². The fourth-order valence-electron chi connectivity index (χ4n) is 1.50. The first-order valence-electron chi connectivity index (χ1n) is 5.57. The summed E-state index contributed by atoms with van der Waals surface area (Å²) in [5, 5.41) is 15.4. The number of nitrogens with one attached hydrogen (secondary N) is 1. The van der Waals surface area contributed by atoms with Gasteiger partial charge < -0.3 is 21.0 Å². The SMILES string of the molecule is COCC(C)NCc1ccc(/C(N)=N/O)cc1Cl. The maximum absolute atomic E-state index is 8.58. The van der Waals surface area contributed by atoms with E-state index in [-0.39, 0.29) is 11.9 Å². The predicted molar refractivity (Wildman–Crippen MR) is 72.1 cm³/mol. The number of amidine groups is 1. The molecule has 1 aromatic carbocycles. The second-order valence-electron chi connectivity index (χ2n) is 4.03. The Morgan fingerprint density at radius 3 is 2.89 bits per heavy atom. The molecule has 1 unspecified atom stereocenters. The molecule has 4 N–H and O–H groups in total. The molecular formula is C12H18ClN3O2.